The molecule has 0 spiro atoms. The minimum atomic E-state index is -1.47. The molecular weight excluding hydrogens is 212 g/mol. The van der Waals surface area contributed by atoms with Gasteiger partial charge in [0, 0.05) is 0 Å². The smallest absolute Gasteiger partial charge is 0.343 e. The van der Waals surface area contributed by atoms with Gasteiger partial charge in [-0.2, -0.15) is 0 Å². The Kier molecular flexibility index (Phi) is 3.66. The quantitative estimate of drug-likeness (QED) is 0.455. The van der Waals surface area contributed by atoms with Crippen LogP contribution in [-0.2, 0) is 9.59 Å². The summed E-state index contributed by atoms with van der Waals surface area (Å²) in [5.41, 5.74) is -0.189. The van der Waals surface area contributed by atoms with Gasteiger partial charge in [0.05, 0.1) is 7.11 Å². The zero-order chi connectivity index (χ0) is 12.1. The zero-order valence-electron chi connectivity index (χ0n) is 8.51. The molecule has 16 heavy (non-hydrogen) atoms. The molecule has 0 bridgehead atoms. The average molecular weight is 222 g/mol. The topological polar surface area (TPSA) is 83.8 Å². The number of aliphatic carboxylic acids is 2. The van der Waals surface area contributed by atoms with Crippen molar-refractivity contribution in [2.75, 3.05) is 7.11 Å². The molecule has 84 valence electrons. The van der Waals surface area contributed by atoms with E-state index in [0.29, 0.717) is 11.3 Å². The second-order valence-corrected chi connectivity index (χ2v) is 2.94. The van der Waals surface area contributed by atoms with E-state index in [-0.39, 0.29) is 0 Å². The fraction of sp³-hybridized carbons (Fsp3) is 0.0909. The van der Waals surface area contributed by atoms with E-state index < -0.39 is 17.5 Å². The highest BCUT2D eigenvalue weighted by Crippen LogP contribution is 2.14. The molecule has 0 aliphatic heterocycles. The Labute approximate surface area is 91.6 Å². The van der Waals surface area contributed by atoms with Crippen molar-refractivity contribution in [3.63, 3.8) is 0 Å². The lowest BCUT2D eigenvalue weighted by molar-refractivity contribution is -0.139. The number of hydrogen-bond acceptors (Lipinski definition) is 3. The molecule has 1 aromatic carbocycles. The lowest BCUT2D eigenvalue weighted by atomic mass is 10.1. The Morgan fingerprint density at radius 1 is 1.12 bits per heavy atom. The van der Waals surface area contributed by atoms with Crippen LogP contribution in [0.5, 0.6) is 5.75 Å². The minimum Gasteiger partial charge on any atom is -0.497 e. The van der Waals surface area contributed by atoms with Crippen LogP contribution in [-0.4, -0.2) is 29.3 Å². The molecule has 0 saturated carbocycles. The molecule has 1 aromatic rings. The number of carboxylic acids is 2. The molecule has 5 heteroatoms. The van der Waals surface area contributed by atoms with Crippen molar-refractivity contribution >= 4 is 18.0 Å². The fourth-order valence-corrected chi connectivity index (χ4v) is 1.08. The number of methoxy groups -OCH3 is 1. The number of hydrogen-bond donors (Lipinski definition) is 2. The summed E-state index contributed by atoms with van der Waals surface area (Å²) in [6.45, 7) is 0. The molecule has 0 radical (unpaired) electrons. The molecule has 0 atom stereocenters. The van der Waals surface area contributed by atoms with E-state index in [1.54, 1.807) is 24.3 Å². The Balaban J connectivity index is 3.04. The summed E-state index contributed by atoms with van der Waals surface area (Å²) in [7, 11) is 1.50. The zero-order valence-corrected chi connectivity index (χ0v) is 8.51. The summed E-state index contributed by atoms with van der Waals surface area (Å²) in [6.07, 6.45) is 1.09. The summed E-state index contributed by atoms with van der Waals surface area (Å²) >= 11 is 0. The molecule has 1 rings (SSSR count). The normalized spacial score (nSPS) is 9.31. The number of rotatable bonds is 4. The first-order valence-corrected chi connectivity index (χ1v) is 4.37. The number of carboxylic acid groups (broad SMARTS) is 2. The highest BCUT2D eigenvalue weighted by atomic mass is 16.5. The third kappa shape index (κ3) is 2.84. The first-order chi connectivity index (χ1) is 7.54. The minimum absolute atomic E-state index is 0.487. The Morgan fingerprint density at radius 2 is 1.62 bits per heavy atom. The summed E-state index contributed by atoms with van der Waals surface area (Å²) in [6, 6.07) is 6.38. The van der Waals surface area contributed by atoms with Crippen LogP contribution in [0, 0.1) is 0 Å². The van der Waals surface area contributed by atoms with Gasteiger partial charge in [0.1, 0.15) is 11.3 Å². The SMILES string of the molecule is COc1ccc(C=C(C(=O)O)C(=O)O)cc1. The third-order valence-corrected chi connectivity index (χ3v) is 1.89. The van der Waals surface area contributed by atoms with Crippen molar-refractivity contribution in [1.82, 2.24) is 0 Å². The van der Waals surface area contributed by atoms with Crippen molar-refractivity contribution in [3.05, 3.63) is 35.4 Å². The number of ether oxygens (including phenoxy) is 1. The van der Waals surface area contributed by atoms with Gasteiger partial charge in [0.25, 0.3) is 0 Å². The van der Waals surface area contributed by atoms with E-state index in [9.17, 15) is 9.59 Å². The van der Waals surface area contributed by atoms with Crippen molar-refractivity contribution in [2.45, 2.75) is 0 Å². The van der Waals surface area contributed by atoms with Gasteiger partial charge in [-0.1, -0.05) is 12.1 Å². The van der Waals surface area contributed by atoms with E-state index in [2.05, 4.69) is 0 Å². The second-order valence-electron chi connectivity index (χ2n) is 2.94. The molecule has 0 unspecified atom stereocenters. The maximum atomic E-state index is 10.6. The number of benzene rings is 1. The van der Waals surface area contributed by atoms with Crippen molar-refractivity contribution < 1.29 is 24.5 Å². The summed E-state index contributed by atoms with van der Waals surface area (Å²) in [5.74, 6) is -2.32. The lowest BCUT2D eigenvalue weighted by Crippen LogP contribution is -2.10. The van der Waals surface area contributed by atoms with Gasteiger partial charge >= 0.3 is 11.9 Å². The van der Waals surface area contributed by atoms with E-state index in [1.807, 2.05) is 0 Å². The van der Waals surface area contributed by atoms with Crippen molar-refractivity contribution in [3.8, 4) is 5.75 Å². The maximum absolute atomic E-state index is 10.6. The fourth-order valence-electron chi connectivity index (χ4n) is 1.08. The van der Waals surface area contributed by atoms with Crippen LogP contribution in [0.25, 0.3) is 6.08 Å². The third-order valence-electron chi connectivity index (χ3n) is 1.89. The van der Waals surface area contributed by atoms with Crippen molar-refractivity contribution in [1.29, 1.82) is 0 Å². The molecular formula is C11H10O5. The second kappa shape index (κ2) is 4.97. The Morgan fingerprint density at radius 3 is 2.00 bits per heavy atom. The molecule has 0 fully saturated rings. The van der Waals surface area contributed by atoms with Crippen molar-refractivity contribution in [2.24, 2.45) is 0 Å². The average Bonchev–Trinajstić information content (AvgIpc) is 2.25. The molecule has 0 heterocycles. The van der Waals surface area contributed by atoms with Gasteiger partial charge in [0.2, 0.25) is 0 Å². The van der Waals surface area contributed by atoms with Gasteiger partial charge in [-0.15, -0.1) is 0 Å². The van der Waals surface area contributed by atoms with Crippen LogP contribution in [0.2, 0.25) is 0 Å². The van der Waals surface area contributed by atoms with Gasteiger partial charge in [-0.05, 0) is 23.8 Å². The monoisotopic (exact) mass is 222 g/mol. The van der Waals surface area contributed by atoms with Gasteiger partial charge in [-0.25, -0.2) is 9.59 Å². The number of carbonyl (C=O) groups is 2. The Bertz CT molecular complexity index is 414. The largest absolute Gasteiger partial charge is 0.497 e. The lowest BCUT2D eigenvalue weighted by Gasteiger charge is -2.00. The van der Waals surface area contributed by atoms with E-state index >= 15 is 0 Å². The molecule has 0 aliphatic carbocycles. The molecule has 0 saturated heterocycles. The van der Waals surface area contributed by atoms with Crippen LogP contribution < -0.4 is 4.74 Å². The standard InChI is InChI=1S/C11H10O5/c1-16-8-4-2-7(3-5-8)6-9(10(12)13)11(14)15/h2-6H,1H3,(H,12,13)(H,14,15). The predicted octanol–water partition coefficient (Wildman–Crippen LogP) is 1.25. The van der Waals surface area contributed by atoms with E-state index in [0.717, 1.165) is 6.08 Å². The molecule has 0 aromatic heterocycles. The van der Waals surface area contributed by atoms with Gasteiger partial charge in [0.15, 0.2) is 0 Å². The Hall–Kier alpha value is -2.30. The van der Waals surface area contributed by atoms with Gasteiger partial charge < -0.3 is 14.9 Å². The first kappa shape index (κ1) is 11.8. The molecule has 0 aliphatic rings. The van der Waals surface area contributed by atoms with Crippen LogP contribution in [0.3, 0.4) is 0 Å². The van der Waals surface area contributed by atoms with Crippen LogP contribution >= 0.6 is 0 Å². The van der Waals surface area contributed by atoms with E-state index in [1.165, 1.54) is 7.11 Å². The molecule has 5 nitrogen and oxygen atoms in total. The molecule has 0 amide bonds. The predicted molar refractivity (Wildman–Crippen MR) is 56.2 cm³/mol. The summed E-state index contributed by atoms with van der Waals surface area (Å²) in [5, 5.41) is 17.3. The van der Waals surface area contributed by atoms with E-state index in [4.69, 9.17) is 14.9 Å². The summed E-state index contributed by atoms with van der Waals surface area (Å²) in [4.78, 5) is 21.2. The van der Waals surface area contributed by atoms with Crippen LogP contribution in [0.1, 0.15) is 5.56 Å². The van der Waals surface area contributed by atoms with Crippen LogP contribution in [0.4, 0.5) is 0 Å². The van der Waals surface area contributed by atoms with Crippen LogP contribution in [0.15, 0.2) is 29.8 Å². The first-order valence-electron chi connectivity index (χ1n) is 4.37. The highest BCUT2D eigenvalue weighted by molar-refractivity contribution is 6.16. The maximum Gasteiger partial charge on any atom is 0.343 e. The van der Waals surface area contributed by atoms with Gasteiger partial charge in [-0.3, -0.25) is 0 Å². The summed E-state index contributed by atoms with van der Waals surface area (Å²) < 4.78 is 4.92. The molecule has 2 N–H and O–H groups in total. The highest BCUT2D eigenvalue weighted by Gasteiger charge is 2.15.